The molecule has 1 fully saturated rings. The molecule has 0 amide bonds. The number of aryl methyl sites for hydroxylation is 1. The summed E-state index contributed by atoms with van der Waals surface area (Å²) in [5, 5.41) is 18.0. The van der Waals surface area contributed by atoms with Gasteiger partial charge < -0.3 is 14.8 Å². The molecule has 2 heterocycles. The third-order valence-electron chi connectivity index (χ3n) is 4.60. The fourth-order valence-corrected chi connectivity index (χ4v) is 3.51. The Kier molecular flexibility index (Phi) is 2.89. The minimum absolute atomic E-state index is 0.0438. The van der Waals surface area contributed by atoms with E-state index in [1.54, 1.807) is 12.5 Å². The molecule has 2 aromatic rings. The maximum Gasteiger partial charge on any atom is 0.108 e. The summed E-state index contributed by atoms with van der Waals surface area (Å²) in [6, 6.07) is 4.63. The molecular weight excluding hydrogens is 254 g/mol. The first kappa shape index (κ1) is 12.2. The van der Waals surface area contributed by atoms with Crippen molar-refractivity contribution in [3.8, 4) is 0 Å². The molecule has 5 nitrogen and oxygen atoms in total. The Hall–Kier alpha value is -1.59. The number of aromatic nitrogens is 2. The molecule has 1 unspecified atom stereocenters. The SMILES string of the molecule is O[C@@H]1C[C@H](NC2CCCc3occc32)[C@H]1n1cccn1. The lowest BCUT2D eigenvalue weighted by atomic mass is 9.81. The van der Waals surface area contributed by atoms with Gasteiger partial charge in [0.15, 0.2) is 0 Å². The minimum atomic E-state index is -0.306. The molecule has 0 radical (unpaired) electrons. The van der Waals surface area contributed by atoms with Crippen molar-refractivity contribution in [3.63, 3.8) is 0 Å². The summed E-state index contributed by atoms with van der Waals surface area (Å²) in [6.07, 6.45) is 9.27. The van der Waals surface area contributed by atoms with Gasteiger partial charge in [-0.1, -0.05) is 0 Å². The Balaban J connectivity index is 1.51. The zero-order valence-electron chi connectivity index (χ0n) is 11.3. The van der Waals surface area contributed by atoms with Crippen molar-refractivity contribution in [1.82, 2.24) is 15.1 Å². The standard InChI is InChI=1S/C15H19N3O2/c19-13-9-12(15(13)18-7-2-6-16-18)17-11-3-1-4-14-10(11)5-8-20-14/h2,5-8,11-13,15,17,19H,1,3-4,9H2/t11?,12-,13+,15+/m0/s1. The smallest absolute Gasteiger partial charge is 0.108 e. The van der Waals surface area contributed by atoms with E-state index in [2.05, 4.69) is 16.5 Å². The van der Waals surface area contributed by atoms with Crippen LogP contribution in [0.15, 0.2) is 35.2 Å². The molecular formula is C15H19N3O2. The highest BCUT2D eigenvalue weighted by atomic mass is 16.3. The van der Waals surface area contributed by atoms with Crippen LogP contribution in [-0.4, -0.2) is 27.0 Å². The number of nitrogens with one attached hydrogen (secondary N) is 1. The van der Waals surface area contributed by atoms with Crippen LogP contribution in [0.2, 0.25) is 0 Å². The lowest BCUT2D eigenvalue weighted by Gasteiger charge is -2.44. The normalized spacial score (nSPS) is 32.6. The van der Waals surface area contributed by atoms with Crippen molar-refractivity contribution < 1.29 is 9.52 Å². The lowest BCUT2D eigenvalue weighted by Crippen LogP contribution is -2.55. The van der Waals surface area contributed by atoms with Crippen LogP contribution in [0.25, 0.3) is 0 Å². The zero-order chi connectivity index (χ0) is 13.5. The maximum atomic E-state index is 10.0. The van der Waals surface area contributed by atoms with Crippen LogP contribution in [0, 0.1) is 0 Å². The van der Waals surface area contributed by atoms with E-state index in [9.17, 15) is 5.11 Å². The van der Waals surface area contributed by atoms with Gasteiger partial charge in [0.05, 0.1) is 18.4 Å². The summed E-state index contributed by atoms with van der Waals surface area (Å²) in [5.41, 5.74) is 1.29. The van der Waals surface area contributed by atoms with Crippen molar-refractivity contribution in [1.29, 1.82) is 0 Å². The number of hydrogen-bond acceptors (Lipinski definition) is 4. The lowest BCUT2D eigenvalue weighted by molar-refractivity contribution is -0.0126. The van der Waals surface area contributed by atoms with Crippen LogP contribution in [0.5, 0.6) is 0 Å². The topological polar surface area (TPSA) is 63.2 Å². The Labute approximate surface area is 117 Å². The van der Waals surface area contributed by atoms with Gasteiger partial charge in [0.25, 0.3) is 0 Å². The van der Waals surface area contributed by atoms with Gasteiger partial charge in [0.1, 0.15) is 5.76 Å². The Morgan fingerprint density at radius 2 is 2.40 bits per heavy atom. The molecule has 0 spiro atoms. The number of rotatable bonds is 3. The van der Waals surface area contributed by atoms with Gasteiger partial charge in [-0.25, -0.2) is 0 Å². The quantitative estimate of drug-likeness (QED) is 0.895. The Morgan fingerprint density at radius 1 is 1.45 bits per heavy atom. The van der Waals surface area contributed by atoms with E-state index in [-0.39, 0.29) is 18.2 Å². The second kappa shape index (κ2) is 4.75. The van der Waals surface area contributed by atoms with Crippen LogP contribution >= 0.6 is 0 Å². The summed E-state index contributed by atoms with van der Waals surface area (Å²) in [5.74, 6) is 1.12. The van der Waals surface area contributed by atoms with Gasteiger partial charge in [-0.15, -0.1) is 0 Å². The van der Waals surface area contributed by atoms with Gasteiger partial charge in [0, 0.05) is 36.5 Å². The maximum absolute atomic E-state index is 10.0. The molecule has 4 rings (SSSR count). The van der Waals surface area contributed by atoms with Gasteiger partial charge in [0.2, 0.25) is 0 Å². The van der Waals surface area contributed by atoms with Crippen molar-refractivity contribution in [2.45, 2.75) is 49.9 Å². The molecule has 0 aliphatic heterocycles. The summed E-state index contributed by atoms with van der Waals surface area (Å²) < 4.78 is 7.40. The van der Waals surface area contributed by atoms with Gasteiger partial charge >= 0.3 is 0 Å². The first-order valence-electron chi connectivity index (χ1n) is 7.32. The highest BCUT2D eigenvalue weighted by Gasteiger charge is 2.43. The van der Waals surface area contributed by atoms with E-state index < -0.39 is 0 Å². The average molecular weight is 273 g/mol. The molecule has 0 bridgehead atoms. The number of nitrogens with zero attached hydrogens (tertiary/aromatic N) is 2. The fourth-order valence-electron chi connectivity index (χ4n) is 3.51. The van der Waals surface area contributed by atoms with Crippen LogP contribution in [0.3, 0.4) is 0 Å². The number of aliphatic hydroxyl groups excluding tert-OH is 1. The average Bonchev–Trinajstić information content (AvgIpc) is 3.09. The van der Waals surface area contributed by atoms with Crippen molar-refractivity contribution in [3.05, 3.63) is 42.1 Å². The highest BCUT2D eigenvalue weighted by molar-refractivity contribution is 5.24. The van der Waals surface area contributed by atoms with E-state index in [0.29, 0.717) is 6.04 Å². The number of furan rings is 1. The summed E-state index contributed by atoms with van der Waals surface area (Å²) in [4.78, 5) is 0. The summed E-state index contributed by atoms with van der Waals surface area (Å²) in [7, 11) is 0. The number of fused-ring (bicyclic) bond motifs is 1. The third kappa shape index (κ3) is 1.89. The fraction of sp³-hybridized carbons (Fsp3) is 0.533. The molecule has 106 valence electrons. The monoisotopic (exact) mass is 273 g/mol. The second-order valence-corrected chi connectivity index (χ2v) is 5.80. The highest BCUT2D eigenvalue weighted by Crippen LogP contribution is 2.37. The minimum Gasteiger partial charge on any atom is -0.469 e. The van der Waals surface area contributed by atoms with Crippen molar-refractivity contribution in [2.75, 3.05) is 0 Å². The van der Waals surface area contributed by atoms with E-state index in [4.69, 9.17) is 4.42 Å². The second-order valence-electron chi connectivity index (χ2n) is 5.80. The first-order chi connectivity index (χ1) is 9.83. The van der Waals surface area contributed by atoms with E-state index >= 15 is 0 Å². The van der Waals surface area contributed by atoms with Crippen molar-refractivity contribution >= 4 is 0 Å². The summed E-state index contributed by atoms with van der Waals surface area (Å²) in [6.45, 7) is 0. The van der Waals surface area contributed by atoms with Crippen LogP contribution < -0.4 is 5.32 Å². The van der Waals surface area contributed by atoms with E-state index in [0.717, 1.165) is 31.4 Å². The predicted octanol–water partition coefficient (Wildman–Crippen LogP) is 1.82. The van der Waals surface area contributed by atoms with Crippen LogP contribution in [0.4, 0.5) is 0 Å². The van der Waals surface area contributed by atoms with Gasteiger partial charge in [-0.2, -0.15) is 5.10 Å². The molecule has 2 N–H and O–H groups in total. The molecule has 2 aromatic heterocycles. The van der Waals surface area contributed by atoms with E-state index in [1.165, 1.54) is 5.56 Å². The molecule has 5 heteroatoms. The molecule has 2 aliphatic rings. The number of aliphatic hydroxyl groups is 1. The molecule has 0 aromatic carbocycles. The van der Waals surface area contributed by atoms with Crippen LogP contribution in [-0.2, 0) is 6.42 Å². The molecule has 1 saturated carbocycles. The summed E-state index contributed by atoms with van der Waals surface area (Å²) >= 11 is 0. The first-order valence-corrected chi connectivity index (χ1v) is 7.32. The van der Waals surface area contributed by atoms with Crippen molar-refractivity contribution in [2.24, 2.45) is 0 Å². The molecule has 20 heavy (non-hydrogen) atoms. The Morgan fingerprint density at radius 3 is 3.20 bits per heavy atom. The van der Waals surface area contributed by atoms with Gasteiger partial charge in [-0.3, -0.25) is 4.68 Å². The van der Waals surface area contributed by atoms with Gasteiger partial charge in [-0.05, 0) is 31.4 Å². The predicted molar refractivity (Wildman–Crippen MR) is 73.2 cm³/mol. The number of hydrogen-bond donors (Lipinski definition) is 2. The molecule has 2 aliphatic carbocycles. The van der Waals surface area contributed by atoms with Crippen LogP contribution in [0.1, 0.15) is 42.7 Å². The van der Waals surface area contributed by atoms with E-state index in [1.807, 2.05) is 16.9 Å². The third-order valence-corrected chi connectivity index (χ3v) is 4.60. The molecule has 4 atom stereocenters. The zero-order valence-corrected chi connectivity index (χ0v) is 11.3. The largest absolute Gasteiger partial charge is 0.469 e. The Bertz CT molecular complexity index is 578. The molecule has 0 saturated heterocycles.